The first kappa shape index (κ1) is 33.8. The van der Waals surface area contributed by atoms with Gasteiger partial charge in [-0.1, -0.05) is 74.5 Å². The van der Waals surface area contributed by atoms with Gasteiger partial charge in [-0.25, -0.2) is 9.59 Å². The molecule has 238 valence electrons. The third-order valence-electron chi connectivity index (χ3n) is 7.13. The van der Waals surface area contributed by atoms with E-state index in [9.17, 15) is 14.4 Å². The highest BCUT2D eigenvalue weighted by atomic mass is 16.6. The van der Waals surface area contributed by atoms with E-state index in [1.165, 1.54) is 19.8 Å². The maximum Gasteiger partial charge on any atom is 0.347 e. The lowest BCUT2D eigenvalue weighted by molar-refractivity contribution is -0.140. The van der Waals surface area contributed by atoms with Gasteiger partial charge in [-0.05, 0) is 77.6 Å². The molecule has 4 rings (SSSR count). The predicted molar refractivity (Wildman–Crippen MR) is 176 cm³/mol. The topological polar surface area (TPSA) is 97.4 Å². The molecule has 0 fully saturated rings. The van der Waals surface area contributed by atoms with E-state index in [0.717, 1.165) is 29.5 Å². The van der Waals surface area contributed by atoms with Gasteiger partial charge in [-0.2, -0.15) is 0 Å². The van der Waals surface area contributed by atoms with Crippen molar-refractivity contribution in [2.24, 2.45) is 5.92 Å². The van der Waals surface area contributed by atoms with Gasteiger partial charge in [0.05, 0.1) is 24.7 Å². The molecule has 46 heavy (non-hydrogen) atoms. The number of hydrogen-bond donors (Lipinski definition) is 0. The molecule has 0 N–H and O–H groups in total. The molecular formula is C38H38O8. The molecule has 0 radical (unpaired) electrons. The Morgan fingerprint density at radius 3 is 1.80 bits per heavy atom. The number of benzene rings is 4. The van der Waals surface area contributed by atoms with Gasteiger partial charge in [-0.15, -0.1) is 0 Å². The molecule has 0 bridgehead atoms. The number of aryl methyl sites for hydroxylation is 1. The van der Waals surface area contributed by atoms with Gasteiger partial charge in [0.1, 0.15) is 22.8 Å². The molecule has 0 aliphatic heterocycles. The van der Waals surface area contributed by atoms with E-state index >= 15 is 0 Å². The maximum atomic E-state index is 13.5. The summed E-state index contributed by atoms with van der Waals surface area (Å²) in [7, 11) is 2.96. The summed E-state index contributed by atoms with van der Waals surface area (Å²) < 4.78 is 26.7. The molecule has 1 unspecified atom stereocenters. The van der Waals surface area contributed by atoms with Gasteiger partial charge >= 0.3 is 17.9 Å². The molecular weight excluding hydrogens is 584 g/mol. The summed E-state index contributed by atoms with van der Waals surface area (Å²) >= 11 is 0. The molecule has 0 amide bonds. The first-order chi connectivity index (χ1) is 22.2. The van der Waals surface area contributed by atoms with E-state index in [1.54, 1.807) is 61.5 Å². The number of carbonyl (C=O) groups excluding carboxylic acids is 3. The van der Waals surface area contributed by atoms with Gasteiger partial charge in [0.2, 0.25) is 0 Å². The second kappa shape index (κ2) is 16.3. The Labute approximate surface area is 269 Å². The summed E-state index contributed by atoms with van der Waals surface area (Å²) in [5.74, 6) is -1.65. The molecule has 4 aromatic carbocycles. The lowest BCUT2D eigenvalue weighted by Crippen LogP contribution is -2.23. The minimum atomic E-state index is -0.692. The van der Waals surface area contributed by atoms with Crippen LogP contribution in [0.15, 0.2) is 103 Å². The molecule has 0 saturated carbocycles. The zero-order chi connectivity index (χ0) is 33.1. The fourth-order valence-electron chi connectivity index (χ4n) is 4.64. The average molecular weight is 623 g/mol. The molecule has 0 aliphatic carbocycles. The summed E-state index contributed by atoms with van der Waals surface area (Å²) in [6.07, 6.45) is 2.12. The van der Waals surface area contributed by atoms with Crippen LogP contribution < -0.4 is 14.2 Å². The highest BCUT2D eigenvalue weighted by Gasteiger charge is 2.22. The highest BCUT2D eigenvalue weighted by Crippen LogP contribution is 2.31. The summed E-state index contributed by atoms with van der Waals surface area (Å²) in [5, 5.41) is 0. The van der Waals surface area contributed by atoms with E-state index < -0.39 is 23.8 Å². The fraction of sp³-hybridized carbons (Fsp3) is 0.237. The Morgan fingerprint density at radius 1 is 0.696 bits per heavy atom. The SMILES string of the molecule is C=C(COC)C(=O)Oc1ccc(-c2ccc(OC(=O)C(C)COC)c(C(=O)Oc3ccc(-c4ccc(CCC)cc4)cc3)c2)cc1. The molecule has 0 heterocycles. The number of ether oxygens (including phenoxy) is 5. The van der Waals surface area contributed by atoms with Crippen LogP contribution in [0.2, 0.25) is 0 Å². The predicted octanol–water partition coefficient (Wildman–Crippen LogP) is 7.49. The van der Waals surface area contributed by atoms with Crippen LogP contribution in [0.1, 0.15) is 36.2 Å². The van der Waals surface area contributed by atoms with Gasteiger partial charge in [-0.3, -0.25) is 4.79 Å². The lowest BCUT2D eigenvalue weighted by Gasteiger charge is -2.15. The standard InChI is InChI=1S/C38H38O8/c1-6-7-27-8-10-28(11-9-27)29-12-17-33(18-13-29)45-38(41)34-22-31(16-21-35(34)46-37(40)26(3)24-43-5)30-14-19-32(20-15-30)44-36(39)25(2)23-42-4/h8-22,26H,2,6-7,23-24H2,1,3-5H3. The number of rotatable bonds is 14. The largest absolute Gasteiger partial charge is 0.425 e. The van der Waals surface area contributed by atoms with Crippen LogP contribution in [0.25, 0.3) is 22.3 Å². The van der Waals surface area contributed by atoms with Crippen molar-refractivity contribution in [2.45, 2.75) is 26.7 Å². The first-order valence-electron chi connectivity index (χ1n) is 15.0. The third-order valence-corrected chi connectivity index (χ3v) is 7.13. The van der Waals surface area contributed by atoms with Crippen molar-refractivity contribution in [3.05, 3.63) is 114 Å². The van der Waals surface area contributed by atoms with Crippen molar-refractivity contribution in [1.29, 1.82) is 0 Å². The molecule has 8 heteroatoms. The Kier molecular flexibility index (Phi) is 12.0. The van der Waals surface area contributed by atoms with Crippen LogP contribution in [0.4, 0.5) is 0 Å². The summed E-state index contributed by atoms with van der Waals surface area (Å²) in [4.78, 5) is 38.4. The van der Waals surface area contributed by atoms with Crippen molar-refractivity contribution in [1.82, 2.24) is 0 Å². The van der Waals surface area contributed by atoms with Gasteiger partial charge in [0.15, 0.2) is 0 Å². The van der Waals surface area contributed by atoms with Crippen molar-refractivity contribution in [3.63, 3.8) is 0 Å². The van der Waals surface area contributed by atoms with Crippen molar-refractivity contribution in [2.75, 3.05) is 27.4 Å². The average Bonchev–Trinajstić information content (AvgIpc) is 3.06. The Balaban J connectivity index is 1.56. The zero-order valence-corrected chi connectivity index (χ0v) is 26.5. The summed E-state index contributed by atoms with van der Waals surface area (Å²) in [5.41, 5.74) is 4.97. The second-order valence-electron chi connectivity index (χ2n) is 10.8. The van der Waals surface area contributed by atoms with Crippen LogP contribution in [-0.2, 0) is 25.5 Å². The Morgan fingerprint density at radius 2 is 1.24 bits per heavy atom. The van der Waals surface area contributed by atoms with E-state index in [-0.39, 0.29) is 30.1 Å². The smallest absolute Gasteiger partial charge is 0.347 e. The van der Waals surface area contributed by atoms with Gasteiger partial charge in [0.25, 0.3) is 0 Å². The van der Waals surface area contributed by atoms with Crippen molar-refractivity contribution >= 4 is 17.9 Å². The molecule has 0 aromatic heterocycles. The maximum absolute atomic E-state index is 13.5. The van der Waals surface area contributed by atoms with Crippen LogP contribution in [0.5, 0.6) is 17.2 Å². The van der Waals surface area contributed by atoms with E-state index in [4.69, 9.17) is 23.7 Å². The van der Waals surface area contributed by atoms with Gasteiger partial charge in [0, 0.05) is 14.2 Å². The Hall–Kier alpha value is -5.05. The first-order valence-corrected chi connectivity index (χ1v) is 15.0. The number of esters is 3. The normalized spacial score (nSPS) is 11.4. The fourth-order valence-corrected chi connectivity index (χ4v) is 4.64. The van der Waals surface area contributed by atoms with Crippen LogP contribution in [0.3, 0.4) is 0 Å². The monoisotopic (exact) mass is 622 g/mol. The zero-order valence-electron chi connectivity index (χ0n) is 26.5. The Bertz CT molecular complexity index is 1650. The van der Waals surface area contributed by atoms with Gasteiger partial charge < -0.3 is 23.7 Å². The highest BCUT2D eigenvalue weighted by molar-refractivity contribution is 5.96. The minimum Gasteiger partial charge on any atom is -0.425 e. The molecule has 4 aromatic rings. The molecule has 0 saturated heterocycles. The lowest BCUT2D eigenvalue weighted by atomic mass is 10.0. The minimum absolute atomic E-state index is 0.0627. The molecule has 1 atom stereocenters. The number of carbonyl (C=O) groups is 3. The van der Waals surface area contributed by atoms with E-state index in [1.807, 2.05) is 12.1 Å². The van der Waals surface area contributed by atoms with E-state index in [0.29, 0.717) is 17.1 Å². The second-order valence-corrected chi connectivity index (χ2v) is 10.8. The van der Waals surface area contributed by atoms with Crippen LogP contribution >= 0.6 is 0 Å². The number of methoxy groups -OCH3 is 2. The van der Waals surface area contributed by atoms with Crippen molar-refractivity contribution in [3.8, 4) is 39.5 Å². The number of hydrogen-bond acceptors (Lipinski definition) is 8. The quantitative estimate of drug-likeness (QED) is 0.0811. The third kappa shape index (κ3) is 9.00. The summed E-state index contributed by atoms with van der Waals surface area (Å²) in [6, 6.07) is 27.3. The molecule has 8 nitrogen and oxygen atoms in total. The van der Waals surface area contributed by atoms with Crippen molar-refractivity contribution < 1.29 is 38.1 Å². The molecule has 0 aliphatic rings. The van der Waals surface area contributed by atoms with Crippen LogP contribution in [-0.4, -0.2) is 45.3 Å². The summed E-state index contributed by atoms with van der Waals surface area (Å²) in [6.45, 7) is 7.71. The van der Waals surface area contributed by atoms with Crippen LogP contribution in [0, 0.1) is 5.92 Å². The van der Waals surface area contributed by atoms with E-state index in [2.05, 4.69) is 37.8 Å². The molecule has 0 spiro atoms.